The molecule has 1 spiro atoms. The van der Waals surface area contributed by atoms with Crippen LogP contribution in [0.1, 0.15) is 39.9 Å². The Morgan fingerprint density at radius 1 is 1.24 bits per heavy atom. The fourth-order valence-corrected chi connectivity index (χ4v) is 6.39. The fraction of sp³-hybridized carbons (Fsp3) is 0.222. The summed E-state index contributed by atoms with van der Waals surface area (Å²) in [5.41, 5.74) is 6.81. The lowest BCUT2D eigenvalue weighted by Gasteiger charge is -2.38. The molecule has 1 saturated heterocycles. The van der Waals surface area contributed by atoms with E-state index < -0.39 is 35.5 Å². The average Bonchev–Trinajstić information content (AvgIpc) is 3.49. The van der Waals surface area contributed by atoms with E-state index in [2.05, 4.69) is 5.32 Å². The molecule has 38 heavy (non-hydrogen) atoms. The molecule has 0 saturated carbocycles. The first-order valence-corrected chi connectivity index (χ1v) is 12.6. The van der Waals surface area contributed by atoms with E-state index in [4.69, 9.17) is 38.7 Å². The molecule has 3 aliphatic heterocycles. The minimum absolute atomic E-state index is 0.0240. The van der Waals surface area contributed by atoms with Crippen LogP contribution in [0.2, 0.25) is 10.0 Å². The first kappa shape index (κ1) is 24.7. The van der Waals surface area contributed by atoms with Crippen LogP contribution in [0.4, 0.5) is 15.8 Å². The number of hydrogen-bond acceptors (Lipinski definition) is 6. The van der Waals surface area contributed by atoms with Crippen LogP contribution in [0.15, 0.2) is 59.6 Å². The summed E-state index contributed by atoms with van der Waals surface area (Å²) in [6.45, 7) is 2.25. The number of carbonyl (C=O) groups is 2. The molecule has 0 bridgehead atoms. The van der Waals surface area contributed by atoms with E-state index in [1.54, 1.807) is 30.3 Å². The summed E-state index contributed by atoms with van der Waals surface area (Å²) in [6, 6.07) is 13.4. The van der Waals surface area contributed by atoms with Crippen LogP contribution < -0.4 is 11.1 Å². The molecule has 4 N–H and O–H groups in total. The lowest BCUT2D eigenvalue weighted by atomic mass is 9.74. The molecule has 1 amide bonds. The van der Waals surface area contributed by atoms with Gasteiger partial charge < -0.3 is 20.9 Å². The number of aliphatic imine (C=N–C) groups is 1. The molecule has 3 aromatic carbocycles. The second-order valence-electron chi connectivity index (χ2n) is 9.36. The number of likely N-dealkylation sites (N-methyl/N-ethyl adjacent to an activating group) is 1. The Morgan fingerprint density at radius 3 is 2.74 bits per heavy atom. The lowest BCUT2D eigenvalue weighted by Crippen LogP contribution is -2.52. The summed E-state index contributed by atoms with van der Waals surface area (Å²) in [5, 5.41) is 12.6. The topological polar surface area (TPSA) is 117 Å². The monoisotopic (exact) mass is 554 g/mol. The smallest absolute Gasteiger partial charge is 0.335 e. The van der Waals surface area contributed by atoms with E-state index in [0.29, 0.717) is 28.4 Å². The highest BCUT2D eigenvalue weighted by atomic mass is 35.5. The number of nitrogen functional groups attached to an aromatic ring is 1. The Kier molecular flexibility index (Phi) is 5.64. The SMILES string of the molecule is CCN1C2OC(c3ccc(C(=O)O)cc3N)=N[C@H]2[C@H](c2cccc(Cl)c2F)[C@]12C(=O)Nc1cc(Cl)ccc12. The summed E-state index contributed by atoms with van der Waals surface area (Å²) in [5.74, 6) is -2.74. The minimum Gasteiger partial charge on any atom is -0.478 e. The Morgan fingerprint density at radius 2 is 2.03 bits per heavy atom. The molecular formula is C27H21Cl2FN4O4. The van der Waals surface area contributed by atoms with Gasteiger partial charge >= 0.3 is 5.97 Å². The van der Waals surface area contributed by atoms with Gasteiger partial charge in [-0.1, -0.05) is 48.3 Å². The van der Waals surface area contributed by atoms with Crippen LogP contribution in [-0.2, 0) is 15.1 Å². The van der Waals surface area contributed by atoms with Gasteiger partial charge in [0.15, 0.2) is 6.23 Å². The van der Waals surface area contributed by atoms with Crippen LogP contribution >= 0.6 is 23.2 Å². The van der Waals surface area contributed by atoms with Crippen molar-refractivity contribution in [3.63, 3.8) is 0 Å². The number of carbonyl (C=O) groups excluding carboxylic acids is 1. The zero-order chi connectivity index (χ0) is 26.9. The number of amides is 1. The number of carboxylic acid groups (broad SMARTS) is 1. The lowest BCUT2D eigenvalue weighted by molar-refractivity contribution is -0.130. The average molecular weight is 555 g/mol. The van der Waals surface area contributed by atoms with Crippen LogP contribution in [0, 0.1) is 5.82 Å². The number of aromatic carboxylic acids is 1. The number of nitrogens with one attached hydrogen (secondary N) is 1. The Hall–Kier alpha value is -3.66. The quantitative estimate of drug-likeness (QED) is 0.397. The van der Waals surface area contributed by atoms with Gasteiger partial charge in [-0.25, -0.2) is 19.1 Å². The molecule has 4 atom stereocenters. The molecule has 3 heterocycles. The number of hydrogen-bond donors (Lipinski definition) is 3. The van der Waals surface area contributed by atoms with Crippen molar-refractivity contribution in [1.82, 2.24) is 4.90 Å². The van der Waals surface area contributed by atoms with Crippen molar-refractivity contribution in [3.05, 3.63) is 92.7 Å². The molecular weight excluding hydrogens is 534 g/mol. The second-order valence-corrected chi connectivity index (χ2v) is 10.2. The maximum absolute atomic E-state index is 15.7. The molecule has 0 aromatic heterocycles. The van der Waals surface area contributed by atoms with Gasteiger partial charge in [0.1, 0.15) is 17.4 Å². The zero-order valence-corrected chi connectivity index (χ0v) is 21.4. The summed E-state index contributed by atoms with van der Waals surface area (Å²) in [6.07, 6.45) is -0.746. The van der Waals surface area contributed by atoms with Gasteiger partial charge in [-0.3, -0.25) is 4.79 Å². The van der Waals surface area contributed by atoms with E-state index in [1.807, 2.05) is 11.8 Å². The fourth-order valence-electron chi connectivity index (χ4n) is 6.04. The van der Waals surface area contributed by atoms with Gasteiger partial charge in [0.05, 0.1) is 16.1 Å². The number of carboxylic acids is 1. The van der Waals surface area contributed by atoms with E-state index in [9.17, 15) is 14.7 Å². The highest BCUT2D eigenvalue weighted by Gasteiger charge is 2.69. The molecule has 3 aliphatic rings. The van der Waals surface area contributed by atoms with E-state index in [1.165, 1.54) is 24.3 Å². The second kappa shape index (κ2) is 8.69. The summed E-state index contributed by atoms with van der Waals surface area (Å²) < 4.78 is 22.0. The van der Waals surface area contributed by atoms with E-state index >= 15 is 4.39 Å². The molecule has 11 heteroatoms. The minimum atomic E-state index is -1.36. The Bertz CT molecular complexity index is 1560. The Balaban J connectivity index is 1.57. The van der Waals surface area contributed by atoms with Crippen molar-refractivity contribution in [3.8, 4) is 0 Å². The third-order valence-corrected chi connectivity index (χ3v) is 8.04. The third kappa shape index (κ3) is 3.28. The maximum atomic E-state index is 15.7. The highest BCUT2D eigenvalue weighted by Crippen LogP contribution is 2.59. The molecule has 6 rings (SSSR count). The third-order valence-electron chi connectivity index (χ3n) is 7.52. The highest BCUT2D eigenvalue weighted by molar-refractivity contribution is 6.31. The number of nitrogens with zero attached hydrogens (tertiary/aromatic N) is 2. The van der Waals surface area contributed by atoms with E-state index in [0.717, 1.165) is 0 Å². The predicted octanol–water partition coefficient (Wildman–Crippen LogP) is 4.85. The zero-order valence-electron chi connectivity index (χ0n) is 19.9. The van der Waals surface area contributed by atoms with Gasteiger partial charge in [0.2, 0.25) is 11.8 Å². The van der Waals surface area contributed by atoms with Crippen molar-refractivity contribution < 1.29 is 23.8 Å². The number of nitrogens with two attached hydrogens (primary N) is 1. The number of likely N-dealkylation sites (tertiary alicyclic amines) is 1. The number of benzene rings is 3. The van der Waals surface area contributed by atoms with Gasteiger partial charge in [0.25, 0.3) is 0 Å². The molecule has 194 valence electrons. The summed E-state index contributed by atoms with van der Waals surface area (Å²) in [7, 11) is 0. The molecule has 8 nitrogen and oxygen atoms in total. The van der Waals surface area contributed by atoms with Crippen molar-refractivity contribution in [1.29, 1.82) is 0 Å². The normalized spacial score (nSPS) is 25.6. The first-order chi connectivity index (χ1) is 18.2. The number of anilines is 2. The first-order valence-electron chi connectivity index (χ1n) is 11.9. The van der Waals surface area contributed by atoms with Crippen LogP contribution in [0.25, 0.3) is 0 Å². The number of halogens is 3. The Labute approximate surface area is 226 Å². The molecule has 3 aromatic rings. The van der Waals surface area contributed by atoms with Crippen molar-refractivity contribution in [2.24, 2.45) is 4.99 Å². The van der Waals surface area contributed by atoms with Crippen LogP contribution in [0.5, 0.6) is 0 Å². The number of rotatable bonds is 4. The van der Waals surface area contributed by atoms with Gasteiger partial charge in [-0.2, -0.15) is 0 Å². The number of fused-ring (bicyclic) bond motifs is 3. The van der Waals surface area contributed by atoms with Crippen molar-refractivity contribution >= 4 is 52.4 Å². The largest absolute Gasteiger partial charge is 0.478 e. The standard InChI is InChI=1S/C27H21Cl2FN4O4/c1-2-34-24-22(33-23(38-24)14-8-6-12(25(35)36)10-18(14)31)20(15-4-3-5-17(29)21(15)30)27(34)16-9-7-13(28)11-19(16)32-26(27)37/h3-11,20,22,24H,2,31H2,1H3,(H,32,37)(H,35,36)/t20-,22-,24?,27+/m0/s1. The van der Waals surface area contributed by atoms with Crippen molar-refractivity contribution in [2.45, 2.75) is 30.7 Å². The van der Waals surface area contributed by atoms with Crippen molar-refractivity contribution in [2.75, 3.05) is 17.6 Å². The summed E-state index contributed by atoms with van der Waals surface area (Å²) in [4.78, 5) is 32.0. The number of ether oxygens (including phenoxy) is 1. The molecule has 1 fully saturated rings. The predicted molar refractivity (Wildman–Crippen MR) is 141 cm³/mol. The summed E-state index contributed by atoms with van der Waals surface area (Å²) >= 11 is 12.4. The molecule has 0 aliphatic carbocycles. The van der Waals surface area contributed by atoms with Crippen LogP contribution in [0.3, 0.4) is 0 Å². The van der Waals surface area contributed by atoms with E-state index in [-0.39, 0.29) is 33.6 Å². The van der Waals surface area contributed by atoms with Crippen LogP contribution in [-0.4, -0.2) is 46.6 Å². The van der Waals surface area contributed by atoms with Gasteiger partial charge in [-0.05, 0) is 42.0 Å². The van der Waals surface area contributed by atoms with Gasteiger partial charge in [0, 0.05) is 34.4 Å². The maximum Gasteiger partial charge on any atom is 0.335 e. The van der Waals surface area contributed by atoms with Gasteiger partial charge in [-0.15, -0.1) is 0 Å². The molecule has 1 unspecified atom stereocenters. The molecule has 0 radical (unpaired) electrons.